The number of hydrogen-bond acceptors (Lipinski definition) is 4. The topological polar surface area (TPSA) is 95.6 Å². The zero-order valence-electron chi connectivity index (χ0n) is 20.8. The van der Waals surface area contributed by atoms with E-state index in [1.54, 1.807) is 24.3 Å². The van der Waals surface area contributed by atoms with Crippen LogP contribution in [0.1, 0.15) is 48.9 Å². The Labute approximate surface area is 218 Å². The average Bonchev–Trinajstić information content (AvgIpc) is 2.94. The Morgan fingerprint density at radius 2 is 1.35 bits per heavy atom. The molecule has 2 N–H and O–H groups in total. The van der Waals surface area contributed by atoms with E-state index in [0.717, 1.165) is 31.1 Å². The van der Waals surface area contributed by atoms with Gasteiger partial charge >= 0.3 is 0 Å². The summed E-state index contributed by atoms with van der Waals surface area (Å²) in [6.07, 6.45) is 4.61. The lowest BCUT2D eigenvalue weighted by atomic mass is 9.88. The van der Waals surface area contributed by atoms with Crippen LogP contribution in [-0.2, 0) is 14.8 Å². The summed E-state index contributed by atoms with van der Waals surface area (Å²) < 4.78 is 28.4. The number of sulfonamides is 1. The van der Waals surface area contributed by atoms with Crippen LogP contribution in [0, 0.1) is 5.92 Å². The van der Waals surface area contributed by atoms with Crippen LogP contribution in [0.3, 0.4) is 0 Å². The number of rotatable bonds is 6. The Morgan fingerprint density at radius 1 is 0.730 bits per heavy atom. The Bertz CT molecular complexity index is 1360. The fraction of sp³-hybridized carbons (Fsp3) is 0.379. The molecule has 2 amide bonds. The number of carbonyl (C=O) groups is 2. The molecule has 0 radical (unpaired) electrons. The molecule has 8 heteroatoms. The van der Waals surface area contributed by atoms with Gasteiger partial charge in [-0.05, 0) is 49.3 Å². The lowest BCUT2D eigenvalue weighted by Crippen LogP contribution is -2.55. The molecule has 37 heavy (non-hydrogen) atoms. The van der Waals surface area contributed by atoms with Gasteiger partial charge in [0.05, 0.1) is 4.90 Å². The van der Waals surface area contributed by atoms with Crippen molar-refractivity contribution < 1.29 is 18.0 Å². The highest BCUT2D eigenvalue weighted by molar-refractivity contribution is 7.89. The van der Waals surface area contributed by atoms with Gasteiger partial charge in [-0.1, -0.05) is 67.4 Å². The summed E-state index contributed by atoms with van der Waals surface area (Å²) in [7, 11) is -3.66. The van der Waals surface area contributed by atoms with E-state index < -0.39 is 10.0 Å². The Morgan fingerprint density at radius 3 is 2.08 bits per heavy atom. The number of amides is 2. The SMILES string of the molecule is O=C(N[C@@H]1CCCC[C@H]1NC(=O)C1CCN(S(=O)(=O)c2cccc3ccccc23)CC1)c1ccccc1. The van der Waals surface area contributed by atoms with Crippen molar-refractivity contribution in [3.63, 3.8) is 0 Å². The van der Waals surface area contributed by atoms with Gasteiger partial charge in [0.25, 0.3) is 5.91 Å². The van der Waals surface area contributed by atoms with Gasteiger partial charge in [0.2, 0.25) is 15.9 Å². The van der Waals surface area contributed by atoms with Crippen LogP contribution < -0.4 is 10.6 Å². The molecule has 0 bridgehead atoms. The predicted molar refractivity (Wildman–Crippen MR) is 144 cm³/mol. The summed E-state index contributed by atoms with van der Waals surface area (Å²) in [5.41, 5.74) is 0.609. The molecule has 2 aliphatic rings. The number of carbonyl (C=O) groups excluding carboxylic acids is 2. The van der Waals surface area contributed by atoms with Gasteiger partial charge in [-0.2, -0.15) is 4.31 Å². The number of benzene rings is 3. The maximum Gasteiger partial charge on any atom is 0.251 e. The molecule has 3 aromatic rings. The first-order valence-corrected chi connectivity index (χ1v) is 14.5. The molecule has 1 heterocycles. The van der Waals surface area contributed by atoms with E-state index in [-0.39, 0.29) is 29.8 Å². The summed E-state index contributed by atoms with van der Waals surface area (Å²) in [5.74, 6) is -0.418. The van der Waals surface area contributed by atoms with Crippen LogP contribution in [0.2, 0.25) is 0 Å². The monoisotopic (exact) mass is 519 g/mol. The molecule has 0 spiro atoms. The first-order chi connectivity index (χ1) is 17.9. The molecule has 1 saturated carbocycles. The van der Waals surface area contributed by atoms with E-state index >= 15 is 0 Å². The summed E-state index contributed by atoms with van der Waals surface area (Å²) in [4.78, 5) is 26.2. The second-order valence-corrected chi connectivity index (χ2v) is 11.9. The van der Waals surface area contributed by atoms with Crippen LogP contribution in [0.15, 0.2) is 77.7 Å². The first-order valence-electron chi connectivity index (χ1n) is 13.1. The van der Waals surface area contributed by atoms with E-state index in [9.17, 15) is 18.0 Å². The van der Waals surface area contributed by atoms with Gasteiger partial charge in [0, 0.05) is 42.0 Å². The average molecular weight is 520 g/mol. The third-order valence-corrected chi connectivity index (χ3v) is 9.60. The van der Waals surface area contributed by atoms with Gasteiger partial charge in [0.1, 0.15) is 0 Å². The molecular weight excluding hydrogens is 486 g/mol. The Kier molecular flexibility index (Phi) is 7.58. The highest BCUT2D eigenvalue weighted by atomic mass is 32.2. The number of fused-ring (bicyclic) bond motifs is 1. The molecule has 7 nitrogen and oxygen atoms in total. The third kappa shape index (κ3) is 5.55. The minimum Gasteiger partial charge on any atom is -0.351 e. The maximum absolute atomic E-state index is 13.4. The zero-order valence-corrected chi connectivity index (χ0v) is 21.6. The molecule has 0 aromatic heterocycles. The minimum atomic E-state index is -3.66. The van der Waals surface area contributed by atoms with Gasteiger partial charge < -0.3 is 10.6 Å². The maximum atomic E-state index is 13.4. The quantitative estimate of drug-likeness (QED) is 0.513. The first kappa shape index (κ1) is 25.4. The molecule has 1 aliphatic heterocycles. The van der Waals surface area contributed by atoms with Crippen LogP contribution >= 0.6 is 0 Å². The van der Waals surface area contributed by atoms with Crippen molar-refractivity contribution in [3.8, 4) is 0 Å². The number of nitrogens with zero attached hydrogens (tertiary/aromatic N) is 1. The van der Waals surface area contributed by atoms with Crippen LogP contribution in [0.25, 0.3) is 10.8 Å². The lowest BCUT2D eigenvalue weighted by molar-refractivity contribution is -0.127. The van der Waals surface area contributed by atoms with Gasteiger partial charge in [-0.15, -0.1) is 0 Å². The molecule has 2 fully saturated rings. The van der Waals surface area contributed by atoms with E-state index in [1.807, 2.05) is 48.5 Å². The fourth-order valence-electron chi connectivity index (χ4n) is 5.54. The number of hydrogen-bond donors (Lipinski definition) is 2. The molecule has 1 saturated heterocycles. The summed E-state index contributed by atoms with van der Waals surface area (Å²) >= 11 is 0. The van der Waals surface area contributed by atoms with E-state index in [0.29, 0.717) is 41.8 Å². The summed E-state index contributed by atoms with van der Waals surface area (Å²) in [6.45, 7) is 0.616. The normalized spacial score (nSPS) is 21.4. The molecule has 194 valence electrons. The molecule has 5 rings (SSSR count). The molecular formula is C29H33N3O4S. The van der Waals surface area contributed by atoms with Crippen molar-refractivity contribution in [2.45, 2.75) is 55.5 Å². The van der Waals surface area contributed by atoms with Crippen molar-refractivity contribution in [1.29, 1.82) is 0 Å². The van der Waals surface area contributed by atoms with Gasteiger partial charge in [-0.3, -0.25) is 9.59 Å². The summed E-state index contributed by atoms with van der Waals surface area (Å²) in [5, 5.41) is 7.90. The van der Waals surface area contributed by atoms with E-state index in [1.165, 1.54) is 4.31 Å². The van der Waals surface area contributed by atoms with Crippen molar-refractivity contribution >= 4 is 32.6 Å². The largest absolute Gasteiger partial charge is 0.351 e. The van der Waals surface area contributed by atoms with Crippen LogP contribution in [0.4, 0.5) is 0 Å². The van der Waals surface area contributed by atoms with Crippen molar-refractivity contribution in [2.75, 3.05) is 13.1 Å². The van der Waals surface area contributed by atoms with E-state index in [4.69, 9.17) is 0 Å². The van der Waals surface area contributed by atoms with Gasteiger partial charge in [0.15, 0.2) is 0 Å². The molecule has 3 aromatic carbocycles. The Hall–Kier alpha value is -3.23. The molecule has 1 aliphatic carbocycles. The third-order valence-electron chi connectivity index (χ3n) is 7.64. The summed E-state index contributed by atoms with van der Waals surface area (Å²) in [6, 6.07) is 21.7. The lowest BCUT2D eigenvalue weighted by Gasteiger charge is -2.35. The predicted octanol–water partition coefficient (Wildman–Crippen LogP) is 4.10. The van der Waals surface area contributed by atoms with E-state index in [2.05, 4.69) is 10.6 Å². The Balaban J connectivity index is 1.20. The molecule has 2 atom stereocenters. The van der Waals surface area contributed by atoms with Crippen molar-refractivity contribution in [3.05, 3.63) is 78.4 Å². The highest BCUT2D eigenvalue weighted by Gasteiger charge is 2.35. The fourth-order valence-corrected chi connectivity index (χ4v) is 7.22. The van der Waals surface area contributed by atoms with Gasteiger partial charge in [-0.25, -0.2) is 8.42 Å². The van der Waals surface area contributed by atoms with Crippen LogP contribution in [0.5, 0.6) is 0 Å². The standard InChI is InChI=1S/C29H33N3O4S/c33-28(22-10-2-1-3-11-22)30-25-14-6-7-15-26(25)31-29(34)23-17-19-32(20-18-23)37(35,36)27-16-8-12-21-9-4-5-13-24(21)27/h1-5,8-13,16,23,25-26H,6-7,14-15,17-20H2,(H,30,33)(H,31,34)/t25-,26-/m1/s1. The number of piperidine rings is 1. The second-order valence-electron chi connectivity index (χ2n) is 10.0. The zero-order chi connectivity index (χ0) is 25.8. The smallest absolute Gasteiger partial charge is 0.251 e. The van der Waals surface area contributed by atoms with Crippen molar-refractivity contribution in [2.24, 2.45) is 5.92 Å². The highest BCUT2D eigenvalue weighted by Crippen LogP contribution is 2.29. The van der Waals surface area contributed by atoms with Crippen LogP contribution in [-0.4, -0.2) is 49.7 Å². The second kappa shape index (κ2) is 11.0. The molecule has 0 unspecified atom stereocenters. The minimum absolute atomic E-state index is 0.0481. The number of nitrogens with one attached hydrogen (secondary N) is 2. The van der Waals surface area contributed by atoms with Crippen molar-refractivity contribution in [1.82, 2.24) is 14.9 Å².